The van der Waals surface area contributed by atoms with E-state index in [1.807, 2.05) is 30.3 Å². The van der Waals surface area contributed by atoms with Gasteiger partial charge < -0.3 is 10.1 Å². The predicted octanol–water partition coefficient (Wildman–Crippen LogP) is 2.79. The summed E-state index contributed by atoms with van der Waals surface area (Å²) in [5, 5.41) is 3.32. The Bertz CT molecular complexity index is 811. The van der Waals surface area contributed by atoms with Gasteiger partial charge in [0.2, 0.25) is 0 Å². The normalized spacial score (nSPS) is 23.2. The molecule has 0 aliphatic carbocycles. The standard InChI is InChI=1S/C19H22FNO4S/c1-26(22,23)25-18-11-17(13-21-12-14-5-3-2-4-6-14)24-19(18)15-7-9-16(20)10-8-15/h2-10,17-19,21H,11-13H2,1H3/t17-,18-,19-/m1/s1. The van der Waals surface area contributed by atoms with Gasteiger partial charge in [0.15, 0.2) is 0 Å². The van der Waals surface area contributed by atoms with Crippen LogP contribution in [0.25, 0.3) is 0 Å². The molecule has 2 aromatic carbocycles. The Hall–Kier alpha value is -1.80. The van der Waals surface area contributed by atoms with Gasteiger partial charge in [0.1, 0.15) is 18.0 Å². The van der Waals surface area contributed by atoms with Gasteiger partial charge in [0.05, 0.1) is 12.4 Å². The van der Waals surface area contributed by atoms with Crippen molar-refractivity contribution in [2.75, 3.05) is 12.8 Å². The zero-order chi connectivity index (χ0) is 18.6. The molecule has 2 aromatic rings. The van der Waals surface area contributed by atoms with Crippen molar-refractivity contribution in [3.05, 3.63) is 71.5 Å². The van der Waals surface area contributed by atoms with Crippen LogP contribution in [0, 0.1) is 5.82 Å². The highest BCUT2D eigenvalue weighted by molar-refractivity contribution is 7.86. The van der Waals surface area contributed by atoms with Crippen molar-refractivity contribution in [2.24, 2.45) is 0 Å². The van der Waals surface area contributed by atoms with Crippen molar-refractivity contribution >= 4 is 10.1 Å². The van der Waals surface area contributed by atoms with Crippen molar-refractivity contribution in [3.63, 3.8) is 0 Å². The Balaban J connectivity index is 1.64. The Kier molecular flexibility index (Phi) is 6.03. The average molecular weight is 379 g/mol. The van der Waals surface area contributed by atoms with Crippen LogP contribution in [0.3, 0.4) is 0 Å². The quantitative estimate of drug-likeness (QED) is 0.750. The molecule has 0 amide bonds. The summed E-state index contributed by atoms with van der Waals surface area (Å²) in [4.78, 5) is 0. The van der Waals surface area contributed by atoms with Crippen molar-refractivity contribution in [1.82, 2.24) is 5.32 Å². The fourth-order valence-corrected chi connectivity index (χ4v) is 3.73. The molecule has 1 N–H and O–H groups in total. The highest BCUT2D eigenvalue weighted by Crippen LogP contribution is 2.36. The van der Waals surface area contributed by atoms with Gasteiger partial charge >= 0.3 is 0 Å². The highest BCUT2D eigenvalue weighted by Gasteiger charge is 2.38. The predicted molar refractivity (Wildman–Crippen MR) is 96.5 cm³/mol. The second kappa shape index (κ2) is 8.26. The molecule has 0 aromatic heterocycles. The molecule has 0 unspecified atom stereocenters. The van der Waals surface area contributed by atoms with E-state index in [4.69, 9.17) is 8.92 Å². The fraction of sp³-hybridized carbons (Fsp3) is 0.368. The molecule has 0 spiro atoms. The Morgan fingerprint density at radius 3 is 2.50 bits per heavy atom. The smallest absolute Gasteiger partial charge is 0.264 e. The van der Waals surface area contributed by atoms with Crippen LogP contribution in [0.4, 0.5) is 4.39 Å². The molecule has 1 fully saturated rings. The Morgan fingerprint density at radius 2 is 1.85 bits per heavy atom. The first kappa shape index (κ1) is 19.0. The van der Waals surface area contributed by atoms with Crippen LogP contribution in [0.15, 0.2) is 54.6 Å². The second-order valence-electron chi connectivity index (χ2n) is 6.42. The van der Waals surface area contributed by atoms with E-state index >= 15 is 0 Å². The number of halogens is 1. The summed E-state index contributed by atoms with van der Waals surface area (Å²) in [6, 6.07) is 15.8. The average Bonchev–Trinajstić information content (AvgIpc) is 2.97. The molecule has 1 heterocycles. The lowest BCUT2D eigenvalue weighted by molar-refractivity contribution is 0.0175. The van der Waals surface area contributed by atoms with Gasteiger partial charge in [-0.05, 0) is 23.3 Å². The SMILES string of the molecule is CS(=O)(=O)O[C@@H]1C[C@H](CNCc2ccccc2)O[C@@H]1c1ccc(F)cc1. The van der Waals surface area contributed by atoms with Crippen LogP contribution in [0.1, 0.15) is 23.7 Å². The molecular formula is C19H22FNO4S. The topological polar surface area (TPSA) is 64.6 Å². The van der Waals surface area contributed by atoms with Crippen LogP contribution in [0.5, 0.6) is 0 Å². The number of hydrogen-bond donors (Lipinski definition) is 1. The molecule has 3 atom stereocenters. The zero-order valence-electron chi connectivity index (χ0n) is 14.5. The molecule has 140 valence electrons. The van der Waals surface area contributed by atoms with Gasteiger partial charge in [-0.1, -0.05) is 42.5 Å². The molecule has 26 heavy (non-hydrogen) atoms. The van der Waals surface area contributed by atoms with Crippen LogP contribution in [0.2, 0.25) is 0 Å². The summed E-state index contributed by atoms with van der Waals surface area (Å²) in [6.45, 7) is 1.26. The van der Waals surface area contributed by atoms with E-state index in [9.17, 15) is 12.8 Å². The van der Waals surface area contributed by atoms with Crippen molar-refractivity contribution in [3.8, 4) is 0 Å². The first-order chi connectivity index (χ1) is 12.4. The molecule has 1 saturated heterocycles. The molecule has 7 heteroatoms. The van der Waals surface area contributed by atoms with E-state index in [1.54, 1.807) is 12.1 Å². The van der Waals surface area contributed by atoms with Gasteiger partial charge in [-0.15, -0.1) is 0 Å². The van der Waals surface area contributed by atoms with Gasteiger partial charge in [-0.3, -0.25) is 4.18 Å². The largest absolute Gasteiger partial charge is 0.366 e. The maximum absolute atomic E-state index is 13.2. The summed E-state index contributed by atoms with van der Waals surface area (Å²) >= 11 is 0. The number of nitrogens with one attached hydrogen (secondary N) is 1. The second-order valence-corrected chi connectivity index (χ2v) is 8.02. The fourth-order valence-electron chi connectivity index (χ4n) is 3.10. The minimum Gasteiger partial charge on any atom is -0.366 e. The summed E-state index contributed by atoms with van der Waals surface area (Å²) < 4.78 is 47.5. The Morgan fingerprint density at radius 1 is 1.15 bits per heavy atom. The van der Waals surface area contributed by atoms with E-state index in [0.717, 1.165) is 11.8 Å². The van der Waals surface area contributed by atoms with E-state index < -0.39 is 22.3 Å². The van der Waals surface area contributed by atoms with Crippen LogP contribution in [-0.2, 0) is 25.6 Å². The van der Waals surface area contributed by atoms with Crippen LogP contribution < -0.4 is 5.32 Å². The lowest BCUT2D eigenvalue weighted by atomic mass is 10.0. The van der Waals surface area contributed by atoms with Crippen molar-refractivity contribution in [1.29, 1.82) is 0 Å². The molecule has 1 aliphatic rings. The monoisotopic (exact) mass is 379 g/mol. The molecule has 0 saturated carbocycles. The van der Waals surface area contributed by atoms with Crippen LogP contribution in [-0.4, -0.2) is 33.4 Å². The zero-order valence-corrected chi connectivity index (χ0v) is 15.3. The molecule has 0 radical (unpaired) electrons. The number of hydrogen-bond acceptors (Lipinski definition) is 5. The molecular weight excluding hydrogens is 357 g/mol. The van der Waals surface area contributed by atoms with E-state index in [0.29, 0.717) is 25.1 Å². The third kappa shape index (κ3) is 5.35. The van der Waals surface area contributed by atoms with Gasteiger partial charge in [-0.25, -0.2) is 4.39 Å². The molecule has 5 nitrogen and oxygen atoms in total. The molecule has 1 aliphatic heterocycles. The van der Waals surface area contributed by atoms with Gasteiger partial charge in [-0.2, -0.15) is 8.42 Å². The first-order valence-corrected chi connectivity index (χ1v) is 10.3. The molecule has 0 bridgehead atoms. The summed E-state index contributed by atoms with van der Waals surface area (Å²) in [7, 11) is -3.62. The molecule has 3 rings (SSSR count). The maximum atomic E-state index is 13.2. The maximum Gasteiger partial charge on any atom is 0.264 e. The highest BCUT2D eigenvalue weighted by atomic mass is 32.2. The van der Waals surface area contributed by atoms with E-state index in [-0.39, 0.29) is 11.9 Å². The van der Waals surface area contributed by atoms with Gasteiger partial charge in [0.25, 0.3) is 10.1 Å². The van der Waals surface area contributed by atoms with Crippen molar-refractivity contribution in [2.45, 2.75) is 31.3 Å². The number of benzene rings is 2. The van der Waals surface area contributed by atoms with Gasteiger partial charge in [0, 0.05) is 19.5 Å². The minimum absolute atomic E-state index is 0.194. The Labute approximate surface area is 153 Å². The lowest BCUT2D eigenvalue weighted by Crippen LogP contribution is -2.26. The third-order valence-electron chi connectivity index (χ3n) is 4.21. The van der Waals surface area contributed by atoms with Crippen LogP contribution >= 0.6 is 0 Å². The number of ether oxygens (including phenoxy) is 1. The van der Waals surface area contributed by atoms with Crippen molar-refractivity contribution < 1.29 is 21.7 Å². The number of rotatable bonds is 7. The summed E-state index contributed by atoms with van der Waals surface area (Å²) in [6.07, 6.45) is 0.0976. The summed E-state index contributed by atoms with van der Waals surface area (Å²) in [5.41, 5.74) is 1.86. The lowest BCUT2D eigenvalue weighted by Gasteiger charge is -2.18. The van der Waals surface area contributed by atoms with E-state index in [1.165, 1.54) is 12.1 Å². The first-order valence-electron chi connectivity index (χ1n) is 8.44. The summed E-state index contributed by atoms with van der Waals surface area (Å²) in [5.74, 6) is -0.353. The third-order valence-corrected chi connectivity index (χ3v) is 4.81. The minimum atomic E-state index is -3.62. The van der Waals surface area contributed by atoms with E-state index in [2.05, 4.69) is 5.32 Å².